The molecule has 11 aliphatic rings. The summed E-state index contributed by atoms with van der Waals surface area (Å²) in [7, 11) is 9.43. The van der Waals surface area contributed by atoms with Gasteiger partial charge in [0.2, 0.25) is 23.6 Å². The first-order valence-electron chi connectivity index (χ1n) is 55.4. The number of nitrogens with zero attached hydrogens (tertiary/aromatic N) is 9. The van der Waals surface area contributed by atoms with Gasteiger partial charge in [-0.05, 0) is 413 Å². The second-order valence-electron chi connectivity index (χ2n) is 50.5. The number of aryl methyl sites for hydroxylation is 3. The Morgan fingerprint density at radius 1 is 0.354 bits per heavy atom. The van der Waals surface area contributed by atoms with E-state index in [1.165, 1.54) is 100 Å². The van der Waals surface area contributed by atoms with Crippen LogP contribution in [0.25, 0.3) is 27.6 Å². The van der Waals surface area contributed by atoms with E-state index in [1.807, 2.05) is 123 Å². The number of rotatable bonds is 20. The van der Waals surface area contributed by atoms with Crippen molar-refractivity contribution in [2.45, 2.75) is 372 Å². The number of ether oxygens (including phenoxy) is 4. The van der Waals surface area contributed by atoms with Crippen molar-refractivity contribution >= 4 is 87.2 Å². The predicted molar refractivity (Wildman–Crippen MR) is 582 cm³/mol. The zero-order valence-corrected chi connectivity index (χ0v) is 94.0. The van der Waals surface area contributed by atoms with Crippen molar-refractivity contribution in [3.05, 3.63) is 156 Å². The van der Waals surface area contributed by atoms with Crippen LogP contribution in [0, 0.1) is 84.9 Å². The molecule has 4 atom stereocenters. The Bertz CT molecular complexity index is 5300. The Kier molecular flexibility index (Phi) is 37.0. The maximum atomic E-state index is 13.9. The van der Waals surface area contributed by atoms with Crippen LogP contribution in [0.3, 0.4) is 0 Å². The van der Waals surface area contributed by atoms with Crippen LogP contribution in [0.2, 0.25) is 5.02 Å². The van der Waals surface area contributed by atoms with E-state index in [0.717, 1.165) is 205 Å². The van der Waals surface area contributed by atoms with E-state index in [0.29, 0.717) is 97.2 Å². The van der Waals surface area contributed by atoms with Gasteiger partial charge in [-0.2, -0.15) is 0 Å². The van der Waals surface area contributed by atoms with E-state index in [9.17, 15) is 38.4 Å². The van der Waals surface area contributed by atoms with Crippen LogP contribution in [0.4, 0.5) is 19.2 Å². The average Bonchev–Trinajstić information content (AvgIpc) is 1.52. The van der Waals surface area contributed by atoms with Crippen LogP contribution in [-0.4, -0.2) is 213 Å². The van der Waals surface area contributed by atoms with E-state index >= 15 is 0 Å². The fourth-order valence-corrected chi connectivity index (χ4v) is 25.9. The lowest BCUT2D eigenvalue weighted by Crippen LogP contribution is -2.48. The first kappa shape index (κ1) is 112. The molecule has 22 heteroatoms. The van der Waals surface area contributed by atoms with Gasteiger partial charge in [0.15, 0.2) is 0 Å². The van der Waals surface area contributed by atoms with Crippen LogP contribution >= 0.6 is 11.6 Å². The summed E-state index contributed by atoms with van der Waals surface area (Å²) in [6.45, 7) is 51.3. The molecule has 144 heavy (non-hydrogen) atoms. The lowest BCUT2D eigenvalue weighted by atomic mass is 9.79. The molecule has 0 saturated heterocycles. The van der Waals surface area contributed by atoms with Gasteiger partial charge in [0.1, 0.15) is 22.4 Å². The van der Waals surface area contributed by atoms with Crippen LogP contribution in [0.1, 0.15) is 348 Å². The van der Waals surface area contributed by atoms with Gasteiger partial charge in [0, 0.05) is 133 Å². The number of carbonyl (C=O) groups is 8. The van der Waals surface area contributed by atoms with Crippen LogP contribution < -0.4 is 0 Å². The van der Waals surface area contributed by atoms with Crippen LogP contribution in [-0.2, 0) is 70.9 Å². The summed E-state index contributed by atoms with van der Waals surface area (Å²) in [6, 6.07) is 29.0. The standard InChI is InChI=1S/2C31H46N2O3.C30H43ClN2O3.C30H45N3O3/c1-20(2)17-28-27-18-26-21(3)9-8-10-24(26)25(27)15-16-33(28)29(34)23-13-11-22(12-14-23)19-32(7)30(35)36-31(4,5)6;1-20(2)17-27-26-18-24-10-8-9-21(3)28(24)25(26)15-16-33(27)29(34)23-13-11-22(12-14-23)19-32(7)30(35)36-31(4,5)6;1-19(2)16-27-25-17-24-22(8-7-9-26(24)31)23(25)14-15-33(27)28(34)21-12-10-20(11-13-21)18-32(6)29(35)36-30(3,4)5;1-20(2)18-26-27-24(23-10-8-9-11-25(23)32(27)7)16-17-33(26)28(34)22-14-12-21(13-15-22)19-31(6)29(35)36-30(3,4)5/h8-10,20,22-23,28H,11-19H2,1-7H3;8-10,20,22-23,27H,11-19H2,1-7H3;7-9,19-21,27H,10-18H2,1-6H3;8-11,20-22,26H,12-19H2,1-7H3. The maximum absolute atomic E-state index is 13.9. The van der Waals surface area contributed by atoms with E-state index in [4.69, 9.17) is 30.5 Å². The number of hydrogen-bond donors (Lipinski definition) is 0. The molecule has 5 aromatic rings. The van der Waals surface area contributed by atoms with Crippen molar-refractivity contribution in [1.82, 2.24) is 43.8 Å². The number of aromatic nitrogens is 1. The fraction of sp³-hybridized carbons (Fsp3) is 0.672. The molecule has 8 amide bonds. The molecular formula is C122H180ClN9O12. The molecule has 16 rings (SSSR count). The van der Waals surface area contributed by atoms with Gasteiger partial charge in [-0.3, -0.25) is 19.2 Å². The van der Waals surface area contributed by atoms with Gasteiger partial charge in [-0.15, -0.1) is 0 Å². The minimum atomic E-state index is -0.488. The topological polar surface area (TPSA) is 204 Å². The van der Waals surface area contributed by atoms with E-state index in [-0.39, 0.29) is 72.2 Å². The summed E-state index contributed by atoms with van der Waals surface area (Å²) in [4.78, 5) is 121. The molecule has 1 aromatic heterocycles. The molecule has 792 valence electrons. The normalized spacial score (nSPS) is 23.6. The van der Waals surface area contributed by atoms with Gasteiger partial charge in [-0.1, -0.05) is 134 Å². The van der Waals surface area contributed by atoms with Gasteiger partial charge in [0.05, 0.1) is 24.2 Å². The van der Waals surface area contributed by atoms with Crippen molar-refractivity contribution < 1.29 is 57.3 Å². The Labute approximate surface area is 870 Å². The van der Waals surface area contributed by atoms with Crippen molar-refractivity contribution in [2.75, 3.05) is 80.5 Å². The second kappa shape index (κ2) is 47.6. The minimum Gasteiger partial charge on any atom is -0.444 e. The van der Waals surface area contributed by atoms with Crippen LogP contribution in [0.15, 0.2) is 95.6 Å². The fourth-order valence-electron chi connectivity index (χ4n) is 25.6. The SMILES string of the molecule is CC(C)CC1C2=C(CCN1C(=O)C1CCC(CN(C)C(=O)OC(C)(C)C)CC1)c1cccc(Cl)c1C2.CC(C)CC1c2c(c3ccccc3n2C)CCN1C(=O)C1CCC(CN(C)C(=O)OC(C)(C)C)CC1.Cc1cccc2c1C1=C(C2)C(CC(C)C)N(C(=O)C2CCC(CN(C)C(=O)OC(C)(C)C)CC2)CC1.Cc1cccc2c1CC1=C2CCN(C(=O)C2CCC(CN(C)C(=O)OC(C)(C)C)CC2)C1CC(C)C. The molecule has 0 radical (unpaired) electrons. The summed E-state index contributed by atoms with van der Waals surface area (Å²) < 4.78 is 24.4. The van der Waals surface area contributed by atoms with E-state index < -0.39 is 22.4 Å². The smallest absolute Gasteiger partial charge is 0.410 e. The molecule has 0 bridgehead atoms. The van der Waals surface area contributed by atoms with Gasteiger partial charge in [0.25, 0.3) is 0 Å². The van der Waals surface area contributed by atoms with Gasteiger partial charge < -0.3 is 62.7 Å². The molecule has 7 aliphatic carbocycles. The highest BCUT2D eigenvalue weighted by Crippen LogP contribution is 2.51. The number of carbonyl (C=O) groups excluding carboxylic acids is 8. The van der Waals surface area contributed by atoms with Crippen molar-refractivity contribution in [3.8, 4) is 0 Å². The maximum Gasteiger partial charge on any atom is 0.410 e. The zero-order chi connectivity index (χ0) is 105. The molecule has 5 heterocycles. The number of benzene rings is 4. The largest absolute Gasteiger partial charge is 0.444 e. The number of para-hydroxylation sites is 1. The molecule has 0 spiro atoms. The highest BCUT2D eigenvalue weighted by atomic mass is 35.5. The average molecular weight is 2000 g/mol. The third kappa shape index (κ3) is 27.9. The third-order valence-electron chi connectivity index (χ3n) is 32.5. The molecule has 21 nitrogen and oxygen atoms in total. The highest BCUT2D eigenvalue weighted by molar-refractivity contribution is 6.31. The first-order chi connectivity index (χ1) is 67.8. The van der Waals surface area contributed by atoms with Gasteiger partial charge in [-0.25, -0.2) is 19.2 Å². The number of halogens is 1. The predicted octanol–water partition coefficient (Wildman–Crippen LogP) is 26.5. The lowest BCUT2D eigenvalue weighted by Gasteiger charge is -2.41. The molecule has 4 unspecified atom stereocenters. The number of amides is 8. The quantitative estimate of drug-likeness (QED) is 0.0668. The molecule has 4 aromatic carbocycles. The summed E-state index contributed by atoms with van der Waals surface area (Å²) in [6.07, 6.45) is 24.8. The Balaban J connectivity index is 0.000000161. The highest BCUT2D eigenvalue weighted by Gasteiger charge is 2.47. The zero-order valence-electron chi connectivity index (χ0n) is 93.3. The van der Waals surface area contributed by atoms with E-state index in [1.54, 1.807) is 19.6 Å². The Hall–Kier alpha value is -9.11. The van der Waals surface area contributed by atoms with Gasteiger partial charge >= 0.3 is 24.4 Å². The van der Waals surface area contributed by atoms with E-state index in [2.05, 4.69) is 167 Å². The monoisotopic (exact) mass is 2000 g/mol. The first-order valence-corrected chi connectivity index (χ1v) is 55.8. The van der Waals surface area contributed by atoms with Crippen molar-refractivity contribution in [3.63, 3.8) is 0 Å². The minimum absolute atomic E-state index is 0.0808. The molecule has 4 aliphatic heterocycles. The summed E-state index contributed by atoms with van der Waals surface area (Å²) in [5.74, 6) is 5.56. The lowest BCUT2D eigenvalue weighted by molar-refractivity contribution is -0.141. The third-order valence-corrected chi connectivity index (χ3v) is 32.8. The molecule has 4 saturated carbocycles. The Morgan fingerprint density at radius 3 is 1.03 bits per heavy atom. The second-order valence-corrected chi connectivity index (χ2v) is 50.9. The molecular weight excluding hydrogens is 1820 g/mol. The summed E-state index contributed by atoms with van der Waals surface area (Å²) in [5, 5.41) is 2.18. The summed E-state index contributed by atoms with van der Waals surface area (Å²) in [5.41, 5.74) is 22.0. The van der Waals surface area contributed by atoms with Crippen molar-refractivity contribution in [2.24, 2.45) is 78.1 Å². The summed E-state index contributed by atoms with van der Waals surface area (Å²) >= 11 is 6.57. The van der Waals surface area contributed by atoms with Crippen LogP contribution in [0.5, 0.6) is 0 Å². The molecule has 0 N–H and O–H groups in total. The Morgan fingerprint density at radius 2 is 0.660 bits per heavy atom. The number of hydrogen-bond acceptors (Lipinski definition) is 12. The molecule has 4 fully saturated rings. The number of fused-ring (bicyclic) bond motifs is 9. The van der Waals surface area contributed by atoms with Crippen molar-refractivity contribution in [1.29, 1.82) is 0 Å².